The second kappa shape index (κ2) is 7.07. The maximum Gasteiger partial charge on any atom is 0.0393 e. The Hall–Kier alpha value is -1.09. The van der Waals surface area contributed by atoms with Gasteiger partial charge in [-0.15, -0.1) is 0 Å². The first-order valence-corrected chi connectivity index (χ1v) is 8.06. The molecular weight excluding hydrogens is 246 g/mol. The number of anilines is 1. The van der Waals surface area contributed by atoms with E-state index in [-0.39, 0.29) is 0 Å². The van der Waals surface area contributed by atoms with Crippen LogP contribution < -0.4 is 11.1 Å². The molecule has 1 unspecified atom stereocenters. The highest BCUT2D eigenvalue weighted by atomic mass is 14.9. The average molecular weight is 275 g/mol. The number of hydrogen-bond acceptors (Lipinski definition) is 3. The van der Waals surface area contributed by atoms with Gasteiger partial charge in [-0.25, -0.2) is 0 Å². The number of nitrogens with one attached hydrogen (secondary N) is 1. The van der Waals surface area contributed by atoms with Crippen LogP contribution in [0.4, 0.5) is 5.69 Å². The summed E-state index contributed by atoms with van der Waals surface area (Å²) in [6, 6.07) is 2.28. The van der Waals surface area contributed by atoms with Gasteiger partial charge in [0.15, 0.2) is 0 Å². The van der Waals surface area contributed by atoms with Crippen molar-refractivity contribution < 1.29 is 0 Å². The Labute approximate surface area is 123 Å². The Morgan fingerprint density at radius 2 is 1.90 bits per heavy atom. The highest BCUT2D eigenvalue weighted by Gasteiger charge is 2.30. The quantitative estimate of drug-likeness (QED) is 0.860. The van der Waals surface area contributed by atoms with Crippen molar-refractivity contribution in [2.24, 2.45) is 17.8 Å². The Balaban J connectivity index is 2.09. The van der Waals surface area contributed by atoms with E-state index in [1.54, 1.807) is 6.20 Å². The fraction of sp³-hybridized carbons (Fsp3) is 0.706. The zero-order valence-corrected chi connectivity index (χ0v) is 13.1. The number of hydrogen-bond donors (Lipinski definition) is 2. The van der Waals surface area contributed by atoms with Crippen LogP contribution in [0.15, 0.2) is 18.5 Å². The van der Waals surface area contributed by atoms with Gasteiger partial charge in [0, 0.05) is 29.7 Å². The molecule has 1 saturated carbocycles. The predicted molar refractivity (Wildman–Crippen MR) is 85.4 cm³/mol. The Kier molecular flexibility index (Phi) is 5.41. The second-order valence-electron chi connectivity index (χ2n) is 6.46. The van der Waals surface area contributed by atoms with E-state index in [4.69, 9.17) is 5.73 Å². The van der Waals surface area contributed by atoms with Gasteiger partial charge in [-0.1, -0.05) is 20.8 Å². The molecule has 0 radical (unpaired) electrons. The first-order valence-electron chi connectivity index (χ1n) is 8.06. The number of rotatable bonds is 5. The van der Waals surface area contributed by atoms with Crippen molar-refractivity contribution in [2.45, 2.75) is 52.5 Å². The molecule has 0 spiro atoms. The topological polar surface area (TPSA) is 50.9 Å². The van der Waals surface area contributed by atoms with Gasteiger partial charge < -0.3 is 11.1 Å². The van der Waals surface area contributed by atoms with Crippen molar-refractivity contribution in [2.75, 3.05) is 12.3 Å². The van der Waals surface area contributed by atoms with E-state index in [2.05, 4.69) is 31.1 Å². The van der Waals surface area contributed by atoms with E-state index >= 15 is 0 Å². The Morgan fingerprint density at radius 1 is 1.25 bits per heavy atom. The van der Waals surface area contributed by atoms with Gasteiger partial charge in [-0.3, -0.25) is 4.98 Å². The SMILES string of the molecule is CCNC(c1cnccc1N)C1CCC(C(C)C)CC1. The van der Waals surface area contributed by atoms with Gasteiger partial charge in [0.1, 0.15) is 0 Å². The summed E-state index contributed by atoms with van der Waals surface area (Å²) in [5.41, 5.74) is 8.21. The average Bonchev–Trinajstić information content (AvgIpc) is 2.46. The van der Waals surface area contributed by atoms with Crippen LogP contribution in [0.3, 0.4) is 0 Å². The number of nitrogen functional groups attached to an aromatic ring is 1. The summed E-state index contributed by atoms with van der Waals surface area (Å²) < 4.78 is 0. The van der Waals surface area contributed by atoms with E-state index < -0.39 is 0 Å². The van der Waals surface area contributed by atoms with Gasteiger partial charge >= 0.3 is 0 Å². The van der Waals surface area contributed by atoms with Crippen LogP contribution in [0, 0.1) is 17.8 Å². The van der Waals surface area contributed by atoms with E-state index in [1.807, 2.05) is 12.3 Å². The van der Waals surface area contributed by atoms with Gasteiger partial charge in [-0.2, -0.15) is 0 Å². The van der Waals surface area contributed by atoms with Crippen LogP contribution in [0.2, 0.25) is 0 Å². The van der Waals surface area contributed by atoms with Crippen molar-refractivity contribution >= 4 is 5.69 Å². The van der Waals surface area contributed by atoms with Crippen LogP contribution >= 0.6 is 0 Å². The van der Waals surface area contributed by atoms with Crippen LogP contribution in [0.1, 0.15) is 58.1 Å². The van der Waals surface area contributed by atoms with Gasteiger partial charge in [0.05, 0.1) is 0 Å². The molecule has 0 bridgehead atoms. The lowest BCUT2D eigenvalue weighted by Gasteiger charge is -2.36. The molecule has 1 atom stereocenters. The summed E-state index contributed by atoms with van der Waals surface area (Å²) >= 11 is 0. The van der Waals surface area contributed by atoms with Crippen molar-refractivity contribution in [1.29, 1.82) is 0 Å². The Morgan fingerprint density at radius 3 is 2.45 bits per heavy atom. The van der Waals surface area contributed by atoms with Crippen molar-refractivity contribution in [1.82, 2.24) is 10.3 Å². The summed E-state index contributed by atoms with van der Waals surface area (Å²) in [5, 5.41) is 3.63. The minimum atomic E-state index is 0.363. The van der Waals surface area contributed by atoms with Crippen molar-refractivity contribution in [3.05, 3.63) is 24.0 Å². The van der Waals surface area contributed by atoms with Gasteiger partial charge in [0.2, 0.25) is 0 Å². The molecule has 2 rings (SSSR count). The highest BCUT2D eigenvalue weighted by Crippen LogP contribution is 2.40. The van der Waals surface area contributed by atoms with Crippen LogP contribution in [-0.4, -0.2) is 11.5 Å². The molecule has 0 aromatic carbocycles. The third-order valence-corrected chi connectivity index (χ3v) is 4.88. The molecule has 20 heavy (non-hydrogen) atoms. The molecule has 3 N–H and O–H groups in total. The number of nitrogens with two attached hydrogens (primary N) is 1. The zero-order valence-electron chi connectivity index (χ0n) is 13.1. The lowest BCUT2D eigenvalue weighted by Crippen LogP contribution is -2.32. The largest absolute Gasteiger partial charge is 0.398 e. The molecule has 112 valence electrons. The molecule has 0 saturated heterocycles. The number of aromatic nitrogens is 1. The number of nitrogens with zero attached hydrogens (tertiary/aromatic N) is 1. The predicted octanol–water partition coefficient (Wildman–Crippen LogP) is 3.78. The van der Waals surface area contributed by atoms with E-state index in [1.165, 1.54) is 31.2 Å². The maximum absolute atomic E-state index is 6.15. The van der Waals surface area contributed by atoms with E-state index in [9.17, 15) is 0 Å². The minimum Gasteiger partial charge on any atom is -0.398 e. The lowest BCUT2D eigenvalue weighted by molar-refractivity contribution is 0.190. The third-order valence-electron chi connectivity index (χ3n) is 4.88. The first kappa shape index (κ1) is 15.3. The molecule has 1 fully saturated rings. The zero-order chi connectivity index (χ0) is 14.5. The maximum atomic E-state index is 6.15. The molecular formula is C17H29N3. The fourth-order valence-corrected chi connectivity index (χ4v) is 3.57. The molecule has 3 heteroatoms. The van der Waals surface area contributed by atoms with Crippen LogP contribution in [0.5, 0.6) is 0 Å². The molecule has 1 aromatic rings. The van der Waals surface area contributed by atoms with Gasteiger partial charge in [0.25, 0.3) is 0 Å². The Bertz CT molecular complexity index is 408. The third kappa shape index (κ3) is 3.51. The molecule has 1 heterocycles. The van der Waals surface area contributed by atoms with Gasteiger partial charge in [-0.05, 0) is 56.0 Å². The molecule has 1 aliphatic rings. The smallest absolute Gasteiger partial charge is 0.0393 e. The van der Waals surface area contributed by atoms with Crippen LogP contribution in [0.25, 0.3) is 0 Å². The summed E-state index contributed by atoms with van der Waals surface area (Å²) in [4.78, 5) is 4.27. The molecule has 3 nitrogen and oxygen atoms in total. The molecule has 0 amide bonds. The lowest BCUT2D eigenvalue weighted by atomic mass is 9.73. The normalized spacial score (nSPS) is 24.8. The summed E-state index contributed by atoms with van der Waals surface area (Å²) in [5.74, 6) is 2.41. The fourth-order valence-electron chi connectivity index (χ4n) is 3.57. The molecule has 1 aromatic heterocycles. The van der Waals surface area contributed by atoms with E-state index in [0.29, 0.717) is 12.0 Å². The highest BCUT2D eigenvalue weighted by molar-refractivity contribution is 5.46. The monoisotopic (exact) mass is 275 g/mol. The number of pyridine rings is 1. The first-order chi connectivity index (χ1) is 9.63. The summed E-state index contributed by atoms with van der Waals surface area (Å²) in [6.07, 6.45) is 9.02. The molecule has 1 aliphatic carbocycles. The van der Waals surface area contributed by atoms with E-state index in [0.717, 1.165) is 24.1 Å². The molecule has 0 aliphatic heterocycles. The van der Waals surface area contributed by atoms with Crippen molar-refractivity contribution in [3.8, 4) is 0 Å². The summed E-state index contributed by atoms with van der Waals surface area (Å²) in [6.45, 7) is 7.85. The minimum absolute atomic E-state index is 0.363. The standard InChI is InChI=1S/C17H29N3/c1-4-20-17(15-11-19-10-9-16(15)18)14-7-5-13(6-8-14)12(2)3/h9-14,17,20H,4-8H2,1-3H3,(H2,18,19). The van der Waals surface area contributed by atoms with Crippen LogP contribution in [-0.2, 0) is 0 Å². The summed E-state index contributed by atoms with van der Waals surface area (Å²) in [7, 11) is 0. The second-order valence-corrected chi connectivity index (χ2v) is 6.46. The van der Waals surface area contributed by atoms with Crippen molar-refractivity contribution in [3.63, 3.8) is 0 Å².